The van der Waals surface area contributed by atoms with Crippen molar-refractivity contribution in [1.29, 1.82) is 0 Å². The molecule has 0 aliphatic heterocycles. The van der Waals surface area contributed by atoms with Crippen LogP contribution in [0.2, 0.25) is 0 Å². The molecule has 0 bridgehead atoms. The molecule has 0 saturated heterocycles. The highest BCUT2D eigenvalue weighted by molar-refractivity contribution is 9.11. The highest BCUT2D eigenvalue weighted by Crippen LogP contribution is 2.34. The van der Waals surface area contributed by atoms with E-state index in [0.717, 1.165) is 34.7 Å². The van der Waals surface area contributed by atoms with E-state index in [1.807, 2.05) is 13.8 Å². The van der Waals surface area contributed by atoms with Crippen LogP contribution >= 0.6 is 31.9 Å². The second-order valence-electron chi connectivity index (χ2n) is 4.36. The summed E-state index contributed by atoms with van der Waals surface area (Å²) in [6.45, 7) is 9.04. The van der Waals surface area contributed by atoms with Crippen molar-refractivity contribution < 1.29 is 19.0 Å². The van der Waals surface area contributed by atoms with Gasteiger partial charge in [0, 0.05) is 12.2 Å². The fraction of sp³-hybridized carbons (Fsp3) is 0.588. The van der Waals surface area contributed by atoms with Crippen molar-refractivity contribution in [3.05, 3.63) is 26.6 Å². The van der Waals surface area contributed by atoms with Gasteiger partial charge in [-0.05, 0) is 50.4 Å². The summed E-state index contributed by atoms with van der Waals surface area (Å²) in [5.41, 5.74) is 0.585. The van der Waals surface area contributed by atoms with Crippen molar-refractivity contribution >= 4 is 38.1 Å². The number of halogens is 2. The zero-order valence-corrected chi connectivity index (χ0v) is 17.2. The average molecular weight is 454 g/mol. The van der Waals surface area contributed by atoms with E-state index in [4.69, 9.17) is 14.2 Å². The molecule has 6 heteroatoms. The third-order valence-electron chi connectivity index (χ3n) is 2.65. The van der Waals surface area contributed by atoms with Gasteiger partial charge in [-0.15, -0.1) is 0 Å². The second kappa shape index (κ2) is 15.1. The molecule has 0 aliphatic rings. The largest absolute Gasteiger partial charge is 0.489 e. The Hall–Kier alpha value is -0.430. The van der Waals surface area contributed by atoms with Gasteiger partial charge in [0.2, 0.25) is 0 Å². The zero-order valence-electron chi connectivity index (χ0n) is 14.1. The Labute approximate surface area is 156 Å². The number of aldehydes is 1. The minimum absolute atomic E-state index is 0.437. The first-order chi connectivity index (χ1) is 11.2. The van der Waals surface area contributed by atoms with E-state index >= 15 is 0 Å². The molecule has 132 valence electrons. The first kappa shape index (κ1) is 22.6. The highest BCUT2D eigenvalue weighted by Gasteiger charge is 2.08. The van der Waals surface area contributed by atoms with Crippen LogP contribution in [-0.2, 0) is 9.47 Å². The topological polar surface area (TPSA) is 44.8 Å². The first-order valence-corrected chi connectivity index (χ1v) is 9.50. The molecule has 0 saturated carbocycles. The van der Waals surface area contributed by atoms with Gasteiger partial charge in [-0.3, -0.25) is 4.79 Å². The van der Waals surface area contributed by atoms with E-state index in [2.05, 4.69) is 38.8 Å². The van der Waals surface area contributed by atoms with E-state index in [0.29, 0.717) is 37.7 Å². The van der Waals surface area contributed by atoms with Gasteiger partial charge in [-0.25, -0.2) is 0 Å². The van der Waals surface area contributed by atoms with Crippen molar-refractivity contribution in [2.75, 3.05) is 33.0 Å². The van der Waals surface area contributed by atoms with Gasteiger partial charge in [-0.2, -0.15) is 0 Å². The molecule has 0 radical (unpaired) electrons. The molecular weight excluding hydrogens is 428 g/mol. The van der Waals surface area contributed by atoms with Crippen molar-refractivity contribution in [1.82, 2.24) is 0 Å². The van der Waals surface area contributed by atoms with Crippen LogP contribution in [0, 0.1) is 0 Å². The van der Waals surface area contributed by atoms with Crippen LogP contribution in [0.4, 0.5) is 0 Å². The number of carbonyl (C=O) groups excluding carboxylic acids is 1. The smallest absolute Gasteiger partial charge is 0.150 e. The number of hydrogen-bond donors (Lipinski definition) is 0. The lowest BCUT2D eigenvalue weighted by atomic mass is 10.2. The van der Waals surface area contributed by atoms with Gasteiger partial charge in [-0.1, -0.05) is 27.2 Å². The normalized spacial score (nSPS) is 9.96. The van der Waals surface area contributed by atoms with Crippen LogP contribution in [0.15, 0.2) is 21.1 Å². The summed E-state index contributed by atoms with van der Waals surface area (Å²) in [7, 11) is 0. The quantitative estimate of drug-likeness (QED) is 0.338. The van der Waals surface area contributed by atoms with E-state index in [-0.39, 0.29) is 0 Å². The molecule has 0 fully saturated rings. The Morgan fingerprint density at radius 1 is 0.957 bits per heavy atom. The third kappa shape index (κ3) is 10.1. The van der Waals surface area contributed by atoms with Crippen molar-refractivity contribution in [2.45, 2.75) is 33.6 Å². The molecule has 0 aromatic heterocycles. The molecule has 0 aliphatic carbocycles. The maximum Gasteiger partial charge on any atom is 0.150 e. The lowest BCUT2D eigenvalue weighted by Gasteiger charge is -2.11. The van der Waals surface area contributed by atoms with Crippen LogP contribution in [-0.4, -0.2) is 39.3 Å². The van der Waals surface area contributed by atoms with E-state index < -0.39 is 0 Å². The van der Waals surface area contributed by atoms with Gasteiger partial charge in [0.25, 0.3) is 0 Å². The summed E-state index contributed by atoms with van der Waals surface area (Å²) < 4.78 is 17.9. The third-order valence-corrected chi connectivity index (χ3v) is 3.82. The Balaban J connectivity index is 0.00000232. The predicted octanol–water partition coefficient (Wildman–Crippen LogP) is 5.26. The number of ether oxygens (including phenoxy) is 3. The van der Waals surface area contributed by atoms with Crippen molar-refractivity contribution in [3.8, 4) is 5.75 Å². The molecule has 0 unspecified atom stereocenters. The number of carbonyl (C=O) groups is 1. The number of benzene rings is 1. The van der Waals surface area contributed by atoms with Crippen LogP contribution in [0.25, 0.3) is 0 Å². The van der Waals surface area contributed by atoms with Crippen LogP contribution < -0.4 is 4.74 Å². The maximum atomic E-state index is 10.7. The van der Waals surface area contributed by atoms with Crippen LogP contribution in [0.5, 0.6) is 5.75 Å². The molecule has 0 spiro atoms. The maximum absolute atomic E-state index is 10.7. The van der Waals surface area contributed by atoms with Gasteiger partial charge in [0.05, 0.1) is 28.8 Å². The molecule has 0 N–H and O–H groups in total. The molecule has 1 aromatic rings. The molecule has 0 atom stereocenters. The Morgan fingerprint density at radius 3 is 2.00 bits per heavy atom. The van der Waals surface area contributed by atoms with Crippen LogP contribution in [0.1, 0.15) is 44.0 Å². The molecular formula is C17H26Br2O4. The standard InChI is InChI=1S/C15H20Br2O4.C2H6/c1-2-3-4-19-5-6-20-7-8-21-15-13(16)9-12(11-18)10-14(15)17;1-2/h9-11H,2-8H2,1H3;1-2H3. The SMILES string of the molecule is CC.CCCCOCCOCCOc1c(Br)cc(C=O)cc1Br. The Morgan fingerprint density at radius 2 is 1.48 bits per heavy atom. The Bertz CT molecular complexity index is 416. The van der Waals surface area contributed by atoms with Gasteiger partial charge >= 0.3 is 0 Å². The summed E-state index contributed by atoms with van der Waals surface area (Å²) in [4.78, 5) is 10.7. The number of hydrogen-bond acceptors (Lipinski definition) is 4. The van der Waals surface area contributed by atoms with E-state index in [1.54, 1.807) is 12.1 Å². The average Bonchev–Trinajstić information content (AvgIpc) is 2.57. The summed E-state index contributed by atoms with van der Waals surface area (Å²) in [6.07, 6.45) is 3.02. The molecule has 1 rings (SSSR count). The van der Waals surface area contributed by atoms with Crippen molar-refractivity contribution in [2.24, 2.45) is 0 Å². The monoisotopic (exact) mass is 452 g/mol. The summed E-state index contributed by atoms with van der Waals surface area (Å²) in [5, 5.41) is 0. The minimum atomic E-state index is 0.437. The number of unbranched alkanes of at least 4 members (excludes halogenated alkanes) is 1. The second-order valence-corrected chi connectivity index (χ2v) is 6.07. The van der Waals surface area contributed by atoms with E-state index in [9.17, 15) is 4.79 Å². The summed E-state index contributed by atoms with van der Waals surface area (Å²) >= 11 is 6.76. The lowest BCUT2D eigenvalue weighted by Crippen LogP contribution is -2.11. The predicted molar refractivity (Wildman–Crippen MR) is 101 cm³/mol. The van der Waals surface area contributed by atoms with E-state index in [1.165, 1.54) is 0 Å². The number of rotatable bonds is 11. The zero-order chi connectivity index (χ0) is 17.5. The summed E-state index contributed by atoms with van der Waals surface area (Å²) in [5.74, 6) is 0.670. The van der Waals surface area contributed by atoms with Gasteiger partial charge in [0.1, 0.15) is 18.6 Å². The van der Waals surface area contributed by atoms with Gasteiger partial charge in [0.15, 0.2) is 0 Å². The summed E-state index contributed by atoms with van der Waals surface area (Å²) in [6, 6.07) is 3.44. The molecule has 1 aromatic carbocycles. The minimum Gasteiger partial charge on any atom is -0.489 e. The highest BCUT2D eigenvalue weighted by atomic mass is 79.9. The molecule has 23 heavy (non-hydrogen) atoms. The van der Waals surface area contributed by atoms with Gasteiger partial charge < -0.3 is 14.2 Å². The first-order valence-electron chi connectivity index (χ1n) is 7.91. The molecule has 4 nitrogen and oxygen atoms in total. The molecule has 0 heterocycles. The molecule has 0 amide bonds. The Kier molecular flexibility index (Phi) is 14.8. The van der Waals surface area contributed by atoms with Crippen LogP contribution in [0.3, 0.4) is 0 Å². The fourth-order valence-electron chi connectivity index (χ4n) is 1.56. The lowest BCUT2D eigenvalue weighted by molar-refractivity contribution is 0.0354. The fourth-order valence-corrected chi connectivity index (χ4v) is 3.01. The van der Waals surface area contributed by atoms with Crippen molar-refractivity contribution in [3.63, 3.8) is 0 Å².